The van der Waals surface area contributed by atoms with Crippen LogP contribution in [-0.4, -0.2) is 30.9 Å². The fraction of sp³-hybridized carbons (Fsp3) is 0.133. The highest BCUT2D eigenvalue weighted by molar-refractivity contribution is 5.92. The minimum Gasteiger partial charge on any atom is -0.265 e. The molecule has 0 aliphatic carbocycles. The molecule has 1 aromatic carbocycles. The Morgan fingerprint density at radius 1 is 1.09 bits per heavy atom. The van der Waals surface area contributed by atoms with Crippen LogP contribution in [0.3, 0.4) is 0 Å². The summed E-state index contributed by atoms with van der Waals surface area (Å²) in [4.78, 5) is 20.4. The SMILES string of the molecule is Cc1cc(C)nc(NNC(=O)c2cn(-c3ccccc3)nn2)n1. The molecule has 0 saturated carbocycles. The Balaban J connectivity index is 1.68. The van der Waals surface area contributed by atoms with Crippen molar-refractivity contribution in [2.24, 2.45) is 0 Å². The molecule has 0 atom stereocenters. The number of aromatic nitrogens is 5. The topological polar surface area (TPSA) is 97.6 Å². The second-order valence-electron chi connectivity index (χ2n) is 4.94. The summed E-state index contributed by atoms with van der Waals surface area (Å²) in [5.41, 5.74) is 7.81. The average Bonchev–Trinajstić information content (AvgIpc) is 3.03. The molecule has 0 bridgehead atoms. The molecule has 116 valence electrons. The first kappa shape index (κ1) is 14.6. The molecule has 2 aromatic heterocycles. The molecule has 23 heavy (non-hydrogen) atoms. The molecule has 0 aliphatic rings. The molecular weight excluding hydrogens is 294 g/mol. The minimum atomic E-state index is -0.421. The molecule has 8 heteroatoms. The van der Waals surface area contributed by atoms with Crippen LogP contribution in [-0.2, 0) is 0 Å². The number of hydrogen-bond donors (Lipinski definition) is 2. The van der Waals surface area contributed by atoms with Crippen LogP contribution in [0.2, 0.25) is 0 Å². The average molecular weight is 309 g/mol. The molecule has 8 nitrogen and oxygen atoms in total. The lowest BCUT2D eigenvalue weighted by atomic mass is 10.3. The molecule has 1 amide bonds. The Hall–Kier alpha value is -3.29. The summed E-state index contributed by atoms with van der Waals surface area (Å²) in [5, 5.41) is 7.80. The fourth-order valence-electron chi connectivity index (χ4n) is 2.03. The van der Waals surface area contributed by atoms with Gasteiger partial charge >= 0.3 is 0 Å². The van der Waals surface area contributed by atoms with E-state index in [0.717, 1.165) is 17.1 Å². The summed E-state index contributed by atoms with van der Waals surface area (Å²) >= 11 is 0. The number of nitrogens with one attached hydrogen (secondary N) is 2. The van der Waals surface area contributed by atoms with Gasteiger partial charge in [0.1, 0.15) is 0 Å². The fourth-order valence-corrected chi connectivity index (χ4v) is 2.03. The van der Waals surface area contributed by atoms with Gasteiger partial charge in [-0.05, 0) is 32.0 Å². The van der Waals surface area contributed by atoms with E-state index in [1.807, 2.05) is 50.2 Å². The lowest BCUT2D eigenvalue weighted by Crippen LogP contribution is -2.30. The number of anilines is 1. The summed E-state index contributed by atoms with van der Waals surface area (Å²) in [5.74, 6) is -0.0961. The van der Waals surface area contributed by atoms with E-state index in [4.69, 9.17) is 0 Å². The number of carbonyl (C=O) groups excluding carboxylic acids is 1. The van der Waals surface area contributed by atoms with Crippen LogP contribution in [0.15, 0.2) is 42.6 Å². The molecule has 2 heterocycles. The van der Waals surface area contributed by atoms with E-state index >= 15 is 0 Å². The maximum absolute atomic E-state index is 12.1. The van der Waals surface area contributed by atoms with Crippen LogP contribution in [0.4, 0.5) is 5.95 Å². The Kier molecular flexibility index (Phi) is 3.96. The van der Waals surface area contributed by atoms with Gasteiger partial charge in [-0.3, -0.25) is 15.6 Å². The smallest absolute Gasteiger partial charge is 0.265 e. The van der Waals surface area contributed by atoms with E-state index in [-0.39, 0.29) is 5.69 Å². The first-order valence-corrected chi connectivity index (χ1v) is 6.98. The Morgan fingerprint density at radius 2 is 1.78 bits per heavy atom. The first-order chi connectivity index (χ1) is 11.1. The van der Waals surface area contributed by atoms with Gasteiger partial charge in [0.25, 0.3) is 5.91 Å². The number of carbonyl (C=O) groups is 1. The van der Waals surface area contributed by atoms with Crippen molar-refractivity contribution in [3.05, 3.63) is 59.7 Å². The molecule has 0 saturated heterocycles. The van der Waals surface area contributed by atoms with Crippen LogP contribution in [0, 0.1) is 13.8 Å². The number of rotatable bonds is 4. The first-order valence-electron chi connectivity index (χ1n) is 6.98. The van der Waals surface area contributed by atoms with Crippen molar-refractivity contribution < 1.29 is 4.79 Å². The van der Waals surface area contributed by atoms with Gasteiger partial charge in [0.15, 0.2) is 5.69 Å². The van der Waals surface area contributed by atoms with Gasteiger partial charge in [-0.15, -0.1) is 5.10 Å². The lowest BCUT2D eigenvalue weighted by Gasteiger charge is -2.06. The van der Waals surface area contributed by atoms with Crippen molar-refractivity contribution in [2.45, 2.75) is 13.8 Å². The zero-order valence-electron chi connectivity index (χ0n) is 12.7. The van der Waals surface area contributed by atoms with E-state index in [2.05, 4.69) is 31.1 Å². The van der Waals surface area contributed by atoms with Gasteiger partial charge in [0.05, 0.1) is 11.9 Å². The maximum atomic E-state index is 12.1. The van der Waals surface area contributed by atoms with Crippen molar-refractivity contribution in [3.63, 3.8) is 0 Å². The van der Waals surface area contributed by atoms with E-state index in [1.54, 1.807) is 6.20 Å². The van der Waals surface area contributed by atoms with Crippen LogP contribution >= 0.6 is 0 Å². The Bertz CT molecular complexity index is 809. The molecular formula is C15H15N7O. The molecule has 0 spiro atoms. The second-order valence-corrected chi connectivity index (χ2v) is 4.94. The van der Waals surface area contributed by atoms with E-state index in [9.17, 15) is 4.79 Å². The van der Waals surface area contributed by atoms with Gasteiger partial charge in [-0.2, -0.15) is 0 Å². The second kappa shape index (κ2) is 6.22. The molecule has 0 unspecified atom stereocenters. The third-order valence-electron chi connectivity index (χ3n) is 3.02. The summed E-state index contributed by atoms with van der Waals surface area (Å²) in [7, 11) is 0. The lowest BCUT2D eigenvalue weighted by molar-refractivity contribution is 0.0957. The zero-order valence-corrected chi connectivity index (χ0v) is 12.7. The van der Waals surface area contributed by atoms with Gasteiger partial charge in [0.2, 0.25) is 5.95 Å². The van der Waals surface area contributed by atoms with Gasteiger partial charge in [-0.1, -0.05) is 23.4 Å². The predicted octanol–water partition coefficient (Wildman–Crippen LogP) is 1.43. The standard InChI is InChI=1S/C15H15N7O/c1-10-8-11(2)17-15(16-10)20-19-14(23)13-9-22(21-18-13)12-6-4-3-5-7-12/h3-9H,1-2H3,(H,19,23)(H,16,17,20). The third-order valence-corrected chi connectivity index (χ3v) is 3.02. The van der Waals surface area contributed by atoms with E-state index in [0.29, 0.717) is 5.95 Å². The largest absolute Gasteiger partial charge is 0.291 e. The van der Waals surface area contributed by atoms with Crippen molar-refractivity contribution in [1.82, 2.24) is 30.4 Å². The maximum Gasteiger partial charge on any atom is 0.291 e. The van der Waals surface area contributed by atoms with Crippen molar-refractivity contribution >= 4 is 11.9 Å². The number of hydrazine groups is 1. The number of para-hydroxylation sites is 1. The van der Waals surface area contributed by atoms with Gasteiger partial charge in [-0.25, -0.2) is 14.6 Å². The summed E-state index contributed by atoms with van der Waals surface area (Å²) in [6, 6.07) is 11.3. The van der Waals surface area contributed by atoms with Gasteiger partial charge < -0.3 is 0 Å². The Morgan fingerprint density at radius 3 is 2.48 bits per heavy atom. The van der Waals surface area contributed by atoms with Crippen LogP contribution in [0.5, 0.6) is 0 Å². The summed E-state index contributed by atoms with van der Waals surface area (Å²) in [6.07, 6.45) is 1.55. The minimum absolute atomic E-state index is 0.186. The van der Waals surface area contributed by atoms with Crippen LogP contribution < -0.4 is 10.9 Å². The van der Waals surface area contributed by atoms with E-state index < -0.39 is 5.91 Å². The predicted molar refractivity (Wildman–Crippen MR) is 84.0 cm³/mol. The Labute approximate surface area is 132 Å². The highest BCUT2D eigenvalue weighted by atomic mass is 16.2. The summed E-state index contributed by atoms with van der Waals surface area (Å²) in [6.45, 7) is 3.71. The van der Waals surface area contributed by atoms with Crippen molar-refractivity contribution in [3.8, 4) is 5.69 Å². The molecule has 0 radical (unpaired) electrons. The van der Waals surface area contributed by atoms with Gasteiger partial charge in [0, 0.05) is 11.4 Å². The van der Waals surface area contributed by atoms with E-state index in [1.165, 1.54) is 4.68 Å². The van der Waals surface area contributed by atoms with Crippen molar-refractivity contribution in [2.75, 3.05) is 5.43 Å². The zero-order chi connectivity index (χ0) is 16.2. The molecule has 3 rings (SSSR count). The summed E-state index contributed by atoms with van der Waals surface area (Å²) < 4.78 is 1.53. The van der Waals surface area contributed by atoms with Crippen molar-refractivity contribution in [1.29, 1.82) is 0 Å². The molecule has 2 N–H and O–H groups in total. The highest BCUT2D eigenvalue weighted by Crippen LogP contribution is 2.06. The molecule has 0 aliphatic heterocycles. The number of aryl methyl sites for hydroxylation is 2. The number of amides is 1. The molecule has 3 aromatic rings. The quantitative estimate of drug-likeness (QED) is 0.708. The number of hydrogen-bond acceptors (Lipinski definition) is 6. The van der Waals surface area contributed by atoms with Crippen LogP contribution in [0.25, 0.3) is 5.69 Å². The number of benzene rings is 1. The highest BCUT2D eigenvalue weighted by Gasteiger charge is 2.11. The molecule has 0 fully saturated rings. The van der Waals surface area contributed by atoms with Crippen LogP contribution in [0.1, 0.15) is 21.9 Å². The number of nitrogens with zero attached hydrogens (tertiary/aromatic N) is 5. The normalized spacial score (nSPS) is 10.3. The monoisotopic (exact) mass is 309 g/mol. The third kappa shape index (κ3) is 3.49.